The molecular formula is C13H19N5O. The molecule has 2 aromatic heterocycles. The number of hydrogen-bond donors (Lipinski definition) is 2. The van der Waals surface area contributed by atoms with Crippen molar-refractivity contribution in [3.05, 3.63) is 29.7 Å². The largest absolute Gasteiger partial charge is 0.444 e. The predicted molar refractivity (Wildman–Crippen MR) is 73.6 cm³/mol. The summed E-state index contributed by atoms with van der Waals surface area (Å²) in [6.45, 7) is 4.60. The van der Waals surface area contributed by atoms with Gasteiger partial charge >= 0.3 is 0 Å². The highest BCUT2D eigenvalue weighted by Gasteiger charge is 2.05. The second-order valence-electron chi connectivity index (χ2n) is 4.27. The van der Waals surface area contributed by atoms with E-state index in [1.54, 1.807) is 12.3 Å². The van der Waals surface area contributed by atoms with Crippen molar-refractivity contribution in [3.63, 3.8) is 0 Å². The summed E-state index contributed by atoms with van der Waals surface area (Å²) in [4.78, 5) is 12.8. The molecule has 0 fully saturated rings. The lowest BCUT2D eigenvalue weighted by atomic mass is 10.3. The Morgan fingerprint density at radius 3 is 2.84 bits per heavy atom. The minimum atomic E-state index is 0.475. The molecule has 0 radical (unpaired) electrons. The van der Waals surface area contributed by atoms with E-state index in [1.165, 1.54) is 0 Å². The zero-order valence-electron chi connectivity index (χ0n) is 11.3. The van der Waals surface area contributed by atoms with Crippen LogP contribution in [0.1, 0.15) is 37.7 Å². The van der Waals surface area contributed by atoms with Gasteiger partial charge in [0.25, 0.3) is 0 Å². The average molecular weight is 261 g/mol. The normalized spacial score (nSPS) is 10.6. The first-order valence-corrected chi connectivity index (χ1v) is 6.52. The predicted octanol–water partition coefficient (Wildman–Crippen LogP) is 2.17. The third-order valence-electron chi connectivity index (χ3n) is 2.64. The second-order valence-corrected chi connectivity index (χ2v) is 4.27. The molecule has 0 atom stereocenters. The number of aryl methyl sites for hydroxylation is 2. The Hall–Kier alpha value is -2.11. The number of anilines is 2. The molecule has 0 aromatic carbocycles. The van der Waals surface area contributed by atoms with Crippen LogP contribution in [0.2, 0.25) is 0 Å². The van der Waals surface area contributed by atoms with Crippen LogP contribution in [0, 0.1) is 0 Å². The highest BCUT2D eigenvalue weighted by atomic mass is 16.4. The fraction of sp³-hybridized carbons (Fsp3) is 0.462. The molecule has 6 heteroatoms. The van der Waals surface area contributed by atoms with Gasteiger partial charge in [-0.3, -0.25) is 0 Å². The molecule has 19 heavy (non-hydrogen) atoms. The Morgan fingerprint density at radius 2 is 2.16 bits per heavy atom. The van der Waals surface area contributed by atoms with Gasteiger partial charge in [0, 0.05) is 18.9 Å². The van der Waals surface area contributed by atoms with Gasteiger partial charge in [-0.2, -0.15) is 0 Å². The minimum absolute atomic E-state index is 0.475. The minimum Gasteiger partial charge on any atom is -0.444 e. The molecule has 0 saturated heterocycles. The summed E-state index contributed by atoms with van der Waals surface area (Å²) in [6.07, 6.45) is 4.39. The fourth-order valence-corrected chi connectivity index (χ4v) is 1.70. The standard InChI is InChI=1S/C13H19N5O/c1-3-5-11-17-10(14)6-12(18-11)15-8-13-16-7-9(4-2)19-13/h6-7H,3-5,8H2,1-2H3,(H3,14,15,17,18). The third kappa shape index (κ3) is 3.67. The van der Waals surface area contributed by atoms with E-state index in [1.807, 2.05) is 6.92 Å². The van der Waals surface area contributed by atoms with E-state index in [9.17, 15) is 0 Å². The van der Waals surface area contributed by atoms with Crippen LogP contribution in [-0.4, -0.2) is 15.0 Å². The van der Waals surface area contributed by atoms with Crippen molar-refractivity contribution in [3.8, 4) is 0 Å². The summed E-state index contributed by atoms with van der Waals surface area (Å²) < 4.78 is 5.51. The quantitative estimate of drug-likeness (QED) is 0.828. The highest BCUT2D eigenvalue weighted by Crippen LogP contribution is 2.11. The van der Waals surface area contributed by atoms with Crippen LogP contribution in [0.4, 0.5) is 11.6 Å². The molecule has 2 heterocycles. The van der Waals surface area contributed by atoms with Crippen LogP contribution in [-0.2, 0) is 19.4 Å². The first-order valence-electron chi connectivity index (χ1n) is 6.52. The van der Waals surface area contributed by atoms with Crippen LogP contribution in [0.25, 0.3) is 0 Å². The van der Waals surface area contributed by atoms with E-state index in [4.69, 9.17) is 10.2 Å². The van der Waals surface area contributed by atoms with E-state index < -0.39 is 0 Å². The van der Waals surface area contributed by atoms with Crippen LogP contribution < -0.4 is 11.1 Å². The van der Waals surface area contributed by atoms with Crippen molar-refractivity contribution in [2.45, 2.75) is 39.7 Å². The molecule has 0 saturated carbocycles. The number of nitrogen functional groups attached to an aromatic ring is 1. The molecule has 2 aromatic rings. The number of oxazole rings is 1. The van der Waals surface area contributed by atoms with Gasteiger partial charge in [-0.05, 0) is 6.42 Å². The zero-order valence-corrected chi connectivity index (χ0v) is 11.3. The molecule has 0 unspecified atom stereocenters. The number of nitrogens with zero attached hydrogens (tertiary/aromatic N) is 3. The van der Waals surface area contributed by atoms with E-state index in [2.05, 4.69) is 27.2 Å². The maximum Gasteiger partial charge on any atom is 0.213 e. The number of aromatic nitrogens is 3. The van der Waals surface area contributed by atoms with Gasteiger partial charge in [-0.15, -0.1) is 0 Å². The Kier molecular flexibility index (Phi) is 4.33. The van der Waals surface area contributed by atoms with Crippen LogP contribution in [0.3, 0.4) is 0 Å². The molecule has 2 rings (SSSR count). The topological polar surface area (TPSA) is 89.9 Å². The van der Waals surface area contributed by atoms with Crippen molar-refractivity contribution in [1.29, 1.82) is 0 Å². The van der Waals surface area contributed by atoms with E-state index in [0.717, 1.165) is 30.8 Å². The lowest BCUT2D eigenvalue weighted by Crippen LogP contribution is -2.06. The Bertz CT molecular complexity index is 538. The average Bonchev–Trinajstić information content (AvgIpc) is 2.84. The smallest absolute Gasteiger partial charge is 0.213 e. The van der Waals surface area contributed by atoms with Crippen molar-refractivity contribution in [2.75, 3.05) is 11.1 Å². The lowest BCUT2D eigenvalue weighted by Gasteiger charge is -2.06. The summed E-state index contributed by atoms with van der Waals surface area (Å²) in [5, 5.41) is 3.15. The van der Waals surface area contributed by atoms with E-state index in [-0.39, 0.29) is 0 Å². The van der Waals surface area contributed by atoms with Gasteiger partial charge < -0.3 is 15.5 Å². The fourth-order valence-electron chi connectivity index (χ4n) is 1.70. The molecule has 0 bridgehead atoms. The second kappa shape index (κ2) is 6.17. The van der Waals surface area contributed by atoms with Crippen molar-refractivity contribution in [2.24, 2.45) is 0 Å². The number of rotatable bonds is 6. The Morgan fingerprint density at radius 1 is 1.32 bits per heavy atom. The maximum atomic E-state index is 5.75. The Balaban J connectivity index is 2.02. The highest BCUT2D eigenvalue weighted by molar-refractivity contribution is 5.44. The molecule has 0 spiro atoms. The third-order valence-corrected chi connectivity index (χ3v) is 2.64. The maximum absolute atomic E-state index is 5.75. The molecule has 0 aliphatic rings. The molecule has 0 aliphatic heterocycles. The Labute approximate surface area is 112 Å². The number of hydrogen-bond acceptors (Lipinski definition) is 6. The van der Waals surface area contributed by atoms with Crippen LogP contribution in [0.5, 0.6) is 0 Å². The van der Waals surface area contributed by atoms with Gasteiger partial charge in [0.05, 0.1) is 12.7 Å². The van der Waals surface area contributed by atoms with Gasteiger partial charge in [0.1, 0.15) is 23.2 Å². The summed E-state index contributed by atoms with van der Waals surface area (Å²) in [6, 6.07) is 1.71. The van der Waals surface area contributed by atoms with Crippen molar-refractivity contribution < 1.29 is 4.42 Å². The first-order chi connectivity index (χ1) is 9.21. The monoisotopic (exact) mass is 261 g/mol. The molecule has 102 valence electrons. The molecule has 0 amide bonds. The molecule has 0 aliphatic carbocycles. The van der Waals surface area contributed by atoms with Gasteiger partial charge in [-0.1, -0.05) is 13.8 Å². The van der Waals surface area contributed by atoms with Gasteiger partial charge in [0.15, 0.2) is 0 Å². The molecular weight excluding hydrogens is 242 g/mol. The van der Waals surface area contributed by atoms with Gasteiger partial charge in [-0.25, -0.2) is 15.0 Å². The SMILES string of the molecule is CCCc1nc(N)cc(NCc2ncc(CC)o2)n1. The first kappa shape index (κ1) is 13.3. The van der Waals surface area contributed by atoms with Crippen molar-refractivity contribution >= 4 is 11.6 Å². The molecule has 3 N–H and O–H groups in total. The summed E-state index contributed by atoms with van der Waals surface area (Å²) in [7, 11) is 0. The summed E-state index contributed by atoms with van der Waals surface area (Å²) in [5.41, 5.74) is 5.75. The van der Waals surface area contributed by atoms with Crippen LogP contribution in [0.15, 0.2) is 16.7 Å². The van der Waals surface area contributed by atoms with Crippen molar-refractivity contribution in [1.82, 2.24) is 15.0 Å². The number of nitrogens with one attached hydrogen (secondary N) is 1. The molecule has 6 nitrogen and oxygen atoms in total. The summed E-state index contributed by atoms with van der Waals surface area (Å²) in [5.74, 6) is 3.46. The summed E-state index contributed by atoms with van der Waals surface area (Å²) >= 11 is 0. The lowest BCUT2D eigenvalue weighted by molar-refractivity contribution is 0.465. The van der Waals surface area contributed by atoms with E-state index >= 15 is 0 Å². The number of nitrogens with two attached hydrogens (primary N) is 1. The van der Waals surface area contributed by atoms with Gasteiger partial charge in [0.2, 0.25) is 5.89 Å². The van der Waals surface area contributed by atoms with E-state index in [0.29, 0.717) is 24.1 Å². The zero-order chi connectivity index (χ0) is 13.7. The van der Waals surface area contributed by atoms with Crippen LogP contribution >= 0.6 is 0 Å².